The SMILES string of the molecule is CC(CC12CC3CC(CC(C3)C1)C2)=NNC(=O)[C@@H]1CCCO1. The quantitative estimate of drug-likeness (QED) is 0.640. The second-order valence-electron chi connectivity index (χ2n) is 8.42. The van der Waals surface area contributed by atoms with Gasteiger partial charge in [-0.2, -0.15) is 5.10 Å². The molecule has 1 N–H and O–H groups in total. The summed E-state index contributed by atoms with van der Waals surface area (Å²) in [7, 11) is 0. The summed E-state index contributed by atoms with van der Waals surface area (Å²) in [5, 5.41) is 4.38. The van der Waals surface area contributed by atoms with E-state index in [0.717, 1.165) is 42.7 Å². The molecule has 1 amide bonds. The van der Waals surface area contributed by atoms with Crippen molar-refractivity contribution < 1.29 is 9.53 Å². The van der Waals surface area contributed by atoms with Crippen LogP contribution in [-0.4, -0.2) is 24.3 Å². The molecule has 4 nitrogen and oxygen atoms in total. The van der Waals surface area contributed by atoms with Gasteiger partial charge in [-0.25, -0.2) is 5.43 Å². The van der Waals surface area contributed by atoms with Crippen LogP contribution < -0.4 is 5.43 Å². The Labute approximate surface area is 133 Å². The van der Waals surface area contributed by atoms with Crippen molar-refractivity contribution >= 4 is 11.6 Å². The zero-order valence-electron chi connectivity index (χ0n) is 13.6. The number of carbonyl (C=O) groups excluding carboxylic acids is 1. The Morgan fingerprint density at radius 3 is 2.36 bits per heavy atom. The van der Waals surface area contributed by atoms with E-state index in [1.807, 2.05) is 0 Å². The predicted molar refractivity (Wildman–Crippen MR) is 85.4 cm³/mol. The molecule has 1 atom stereocenters. The molecule has 1 saturated heterocycles. The zero-order chi connectivity index (χ0) is 15.2. The van der Waals surface area contributed by atoms with Crippen molar-refractivity contribution in [3.05, 3.63) is 0 Å². The van der Waals surface area contributed by atoms with E-state index in [-0.39, 0.29) is 12.0 Å². The molecule has 4 aliphatic carbocycles. The Kier molecular flexibility index (Phi) is 3.75. The average molecular weight is 304 g/mol. The normalized spacial score (nSPS) is 43.6. The lowest BCUT2D eigenvalue weighted by Crippen LogP contribution is -2.46. The van der Waals surface area contributed by atoms with Crippen molar-refractivity contribution in [1.29, 1.82) is 0 Å². The van der Waals surface area contributed by atoms with Crippen molar-refractivity contribution in [2.24, 2.45) is 28.3 Å². The maximum atomic E-state index is 12.0. The molecule has 0 unspecified atom stereocenters. The van der Waals surface area contributed by atoms with Crippen LogP contribution in [-0.2, 0) is 9.53 Å². The summed E-state index contributed by atoms with van der Waals surface area (Å²) in [6.07, 6.45) is 11.2. The Morgan fingerprint density at radius 2 is 1.82 bits per heavy atom. The smallest absolute Gasteiger partial charge is 0.269 e. The molecule has 22 heavy (non-hydrogen) atoms. The van der Waals surface area contributed by atoms with Gasteiger partial charge in [0.2, 0.25) is 0 Å². The summed E-state index contributed by atoms with van der Waals surface area (Å²) in [6.45, 7) is 2.78. The van der Waals surface area contributed by atoms with E-state index in [2.05, 4.69) is 17.5 Å². The van der Waals surface area contributed by atoms with Gasteiger partial charge in [-0.15, -0.1) is 0 Å². The first-order chi connectivity index (χ1) is 10.6. The highest BCUT2D eigenvalue weighted by atomic mass is 16.5. The average Bonchev–Trinajstić information content (AvgIpc) is 2.97. The fourth-order valence-corrected chi connectivity index (χ4v) is 6.10. The molecule has 4 saturated carbocycles. The van der Waals surface area contributed by atoms with Gasteiger partial charge in [0.05, 0.1) is 0 Å². The third kappa shape index (κ3) is 2.82. The first-order valence-corrected chi connectivity index (χ1v) is 9.06. The van der Waals surface area contributed by atoms with Crippen LogP contribution in [0.4, 0.5) is 0 Å². The fraction of sp³-hybridized carbons (Fsp3) is 0.889. The van der Waals surface area contributed by atoms with Crippen molar-refractivity contribution in [3.8, 4) is 0 Å². The summed E-state index contributed by atoms with van der Waals surface area (Å²) in [5.41, 5.74) is 4.32. The summed E-state index contributed by atoms with van der Waals surface area (Å²) < 4.78 is 5.40. The molecule has 1 aliphatic heterocycles. The number of carbonyl (C=O) groups is 1. The van der Waals surface area contributed by atoms with Crippen LogP contribution in [0.2, 0.25) is 0 Å². The Morgan fingerprint density at radius 1 is 1.18 bits per heavy atom. The largest absolute Gasteiger partial charge is 0.368 e. The van der Waals surface area contributed by atoms with E-state index in [1.165, 1.54) is 38.5 Å². The summed E-state index contributed by atoms with van der Waals surface area (Å²) in [6, 6.07) is 0. The van der Waals surface area contributed by atoms with Crippen LogP contribution in [0.25, 0.3) is 0 Å². The Hall–Kier alpha value is -0.900. The zero-order valence-corrected chi connectivity index (χ0v) is 13.6. The molecular weight excluding hydrogens is 276 g/mol. The summed E-state index contributed by atoms with van der Waals surface area (Å²) in [4.78, 5) is 12.0. The number of hydrogen-bond acceptors (Lipinski definition) is 3. The van der Waals surface area contributed by atoms with Gasteiger partial charge in [-0.05, 0) is 87.9 Å². The lowest BCUT2D eigenvalue weighted by atomic mass is 9.48. The van der Waals surface area contributed by atoms with Crippen LogP contribution in [0.1, 0.15) is 64.7 Å². The number of nitrogens with zero attached hydrogens (tertiary/aromatic N) is 1. The maximum Gasteiger partial charge on any atom is 0.269 e. The Balaban J connectivity index is 1.36. The molecule has 4 bridgehead atoms. The van der Waals surface area contributed by atoms with Crippen LogP contribution in [0.5, 0.6) is 0 Å². The van der Waals surface area contributed by atoms with E-state index >= 15 is 0 Å². The van der Waals surface area contributed by atoms with Gasteiger partial charge in [0, 0.05) is 12.3 Å². The first-order valence-electron chi connectivity index (χ1n) is 9.06. The molecule has 0 aromatic carbocycles. The lowest BCUT2D eigenvalue weighted by Gasteiger charge is -2.57. The molecule has 0 aromatic rings. The maximum absolute atomic E-state index is 12.0. The molecule has 122 valence electrons. The number of hydrogen-bond donors (Lipinski definition) is 1. The van der Waals surface area contributed by atoms with Crippen LogP contribution in [0.3, 0.4) is 0 Å². The van der Waals surface area contributed by atoms with E-state index in [0.29, 0.717) is 12.0 Å². The van der Waals surface area contributed by atoms with Crippen LogP contribution >= 0.6 is 0 Å². The second kappa shape index (κ2) is 5.63. The summed E-state index contributed by atoms with van der Waals surface area (Å²) >= 11 is 0. The van der Waals surface area contributed by atoms with Gasteiger partial charge in [0.25, 0.3) is 5.91 Å². The van der Waals surface area contributed by atoms with E-state index in [4.69, 9.17) is 4.74 Å². The molecular formula is C18H28N2O2. The minimum atomic E-state index is -0.281. The van der Waals surface area contributed by atoms with Crippen LogP contribution in [0.15, 0.2) is 5.10 Å². The molecule has 0 spiro atoms. The topological polar surface area (TPSA) is 50.7 Å². The third-order valence-electron chi connectivity index (χ3n) is 6.37. The highest BCUT2D eigenvalue weighted by Crippen LogP contribution is 2.61. The highest BCUT2D eigenvalue weighted by Gasteiger charge is 2.50. The van der Waals surface area contributed by atoms with Crippen molar-refractivity contribution in [3.63, 3.8) is 0 Å². The number of ether oxygens (including phenoxy) is 1. The molecule has 5 rings (SSSR count). The second-order valence-corrected chi connectivity index (χ2v) is 8.42. The standard InChI is InChI=1S/C18H28N2O2/c1-12(19-20-17(21)16-3-2-4-22-16)8-18-9-13-5-14(10-18)7-15(6-13)11-18/h13-16H,2-11H2,1H3,(H,20,21)/t13?,14?,15?,16-,18?/m0/s1. The van der Waals surface area contributed by atoms with Gasteiger partial charge in [0.1, 0.15) is 6.10 Å². The number of nitrogens with one attached hydrogen (secondary N) is 1. The minimum absolute atomic E-state index is 0.0673. The number of rotatable bonds is 4. The molecule has 4 heteroatoms. The van der Waals surface area contributed by atoms with Gasteiger partial charge >= 0.3 is 0 Å². The van der Waals surface area contributed by atoms with E-state index < -0.39 is 0 Å². The predicted octanol–water partition coefficient (Wildman–Crippen LogP) is 3.26. The summed E-state index contributed by atoms with van der Waals surface area (Å²) in [5.74, 6) is 2.85. The van der Waals surface area contributed by atoms with E-state index in [1.54, 1.807) is 0 Å². The number of amides is 1. The number of hydrazone groups is 1. The van der Waals surface area contributed by atoms with Gasteiger partial charge in [-0.1, -0.05) is 0 Å². The first kappa shape index (κ1) is 14.7. The van der Waals surface area contributed by atoms with Crippen molar-refractivity contribution in [2.75, 3.05) is 6.61 Å². The van der Waals surface area contributed by atoms with Crippen molar-refractivity contribution in [1.82, 2.24) is 5.43 Å². The highest BCUT2D eigenvalue weighted by molar-refractivity contribution is 5.86. The molecule has 0 radical (unpaired) electrons. The lowest BCUT2D eigenvalue weighted by molar-refractivity contribution is -0.130. The third-order valence-corrected chi connectivity index (χ3v) is 6.37. The fourth-order valence-electron chi connectivity index (χ4n) is 6.10. The van der Waals surface area contributed by atoms with Gasteiger partial charge < -0.3 is 4.74 Å². The van der Waals surface area contributed by atoms with Crippen molar-refractivity contribution in [2.45, 2.75) is 70.8 Å². The monoisotopic (exact) mass is 304 g/mol. The molecule has 5 fully saturated rings. The molecule has 5 aliphatic rings. The minimum Gasteiger partial charge on any atom is -0.368 e. The Bertz CT molecular complexity index is 444. The van der Waals surface area contributed by atoms with Crippen LogP contribution in [0, 0.1) is 23.2 Å². The van der Waals surface area contributed by atoms with Gasteiger partial charge in [0.15, 0.2) is 0 Å². The molecule has 1 heterocycles. The van der Waals surface area contributed by atoms with E-state index in [9.17, 15) is 4.79 Å². The van der Waals surface area contributed by atoms with Gasteiger partial charge in [-0.3, -0.25) is 4.79 Å². The molecule has 0 aromatic heterocycles.